The fraction of sp³-hybridized carbons (Fsp3) is 0.0476. The molecule has 0 aliphatic carbocycles. The van der Waals surface area contributed by atoms with E-state index in [4.69, 9.17) is 0 Å². The van der Waals surface area contributed by atoms with Crippen molar-refractivity contribution in [3.8, 4) is 0 Å². The van der Waals surface area contributed by atoms with Crippen molar-refractivity contribution in [2.75, 3.05) is 0 Å². The molecule has 0 bridgehead atoms. The summed E-state index contributed by atoms with van der Waals surface area (Å²) < 4.78 is 2.10. The van der Waals surface area contributed by atoms with Gasteiger partial charge in [0.15, 0.2) is 0 Å². The van der Waals surface area contributed by atoms with Gasteiger partial charge in [0.05, 0.1) is 4.92 Å². The van der Waals surface area contributed by atoms with Crippen LogP contribution in [0, 0.1) is 10.1 Å². The first kappa shape index (κ1) is 14.0. The summed E-state index contributed by atoms with van der Waals surface area (Å²) in [5, 5.41) is 18.9. The summed E-state index contributed by atoms with van der Waals surface area (Å²) in [6.07, 6.45) is 2.05. The number of nitrogens with zero attached hydrogens (tertiary/aromatic N) is 2. The molecular weight excluding hydrogens is 312 g/mol. The number of nitro groups is 1. The number of hydrogen-bond donors (Lipinski definition) is 0. The molecule has 0 aliphatic heterocycles. The first-order valence-corrected chi connectivity index (χ1v) is 8.12. The highest BCUT2D eigenvalue weighted by Crippen LogP contribution is 2.39. The number of aromatic nitrogens is 1. The molecule has 0 spiro atoms. The third-order valence-corrected chi connectivity index (χ3v) is 5.06. The minimum absolute atomic E-state index is 0.122. The van der Waals surface area contributed by atoms with E-state index in [1.165, 1.54) is 10.8 Å². The van der Waals surface area contributed by atoms with E-state index in [2.05, 4.69) is 41.1 Å². The Morgan fingerprint density at radius 1 is 0.800 bits per heavy atom. The summed E-state index contributed by atoms with van der Waals surface area (Å²) in [6, 6.07) is 19.7. The van der Waals surface area contributed by atoms with E-state index >= 15 is 0 Å². The summed E-state index contributed by atoms with van der Waals surface area (Å²) in [6.45, 7) is 0. The van der Waals surface area contributed by atoms with Crippen LogP contribution in [0.25, 0.3) is 43.2 Å². The average molecular weight is 326 g/mol. The van der Waals surface area contributed by atoms with Crippen LogP contribution in [-0.2, 0) is 7.05 Å². The molecule has 0 aliphatic rings. The Bertz CT molecular complexity index is 1330. The van der Waals surface area contributed by atoms with E-state index in [0.29, 0.717) is 0 Å². The van der Waals surface area contributed by atoms with Gasteiger partial charge in [-0.1, -0.05) is 30.3 Å². The largest absolute Gasteiger partial charge is 0.351 e. The van der Waals surface area contributed by atoms with Crippen LogP contribution in [0.2, 0.25) is 0 Å². The van der Waals surface area contributed by atoms with Crippen molar-refractivity contribution in [1.29, 1.82) is 0 Å². The lowest BCUT2D eigenvalue weighted by Gasteiger charge is -2.11. The Morgan fingerprint density at radius 3 is 2.28 bits per heavy atom. The minimum Gasteiger partial charge on any atom is -0.351 e. The van der Waals surface area contributed by atoms with Crippen LogP contribution in [0.4, 0.5) is 5.69 Å². The number of non-ortho nitro benzene ring substituents is 1. The van der Waals surface area contributed by atoms with Gasteiger partial charge >= 0.3 is 0 Å². The van der Waals surface area contributed by atoms with E-state index in [9.17, 15) is 10.1 Å². The van der Waals surface area contributed by atoms with E-state index in [1.807, 2.05) is 25.2 Å². The van der Waals surface area contributed by atoms with Crippen molar-refractivity contribution in [1.82, 2.24) is 4.57 Å². The van der Waals surface area contributed by atoms with Crippen LogP contribution in [0.15, 0.2) is 66.9 Å². The van der Waals surface area contributed by atoms with Gasteiger partial charge in [0.2, 0.25) is 0 Å². The summed E-state index contributed by atoms with van der Waals surface area (Å²) in [5.41, 5.74) is 1.28. The Morgan fingerprint density at radius 2 is 1.48 bits per heavy atom. The van der Waals surface area contributed by atoms with Crippen molar-refractivity contribution >= 4 is 48.9 Å². The van der Waals surface area contributed by atoms with E-state index in [1.54, 1.807) is 12.1 Å². The first-order chi connectivity index (χ1) is 12.1. The second-order valence-electron chi connectivity index (χ2n) is 6.38. The second-order valence-corrected chi connectivity index (χ2v) is 6.38. The van der Waals surface area contributed by atoms with Gasteiger partial charge in [-0.15, -0.1) is 0 Å². The SMILES string of the molecule is Cn1ccc2c3c4ccccc4c4ccc([N+](=O)[O-])cc4c3ccc21. The fourth-order valence-electron chi connectivity index (χ4n) is 3.91. The molecule has 4 nitrogen and oxygen atoms in total. The highest BCUT2D eigenvalue weighted by atomic mass is 16.6. The standard InChI is InChI=1S/C21H14N2O2/c1-22-11-10-18-20(22)9-8-17-19-12-13(23(24)25)6-7-15(19)14-4-2-3-5-16(14)21(17)18/h2-12H,1H3. The molecular formula is C21H14N2O2. The molecule has 1 aromatic heterocycles. The van der Waals surface area contributed by atoms with E-state index in [-0.39, 0.29) is 10.6 Å². The molecule has 0 unspecified atom stereocenters. The summed E-state index contributed by atoms with van der Waals surface area (Å²) >= 11 is 0. The van der Waals surface area contributed by atoms with Crippen molar-refractivity contribution in [3.05, 3.63) is 77.0 Å². The molecule has 0 amide bonds. The third-order valence-electron chi connectivity index (χ3n) is 5.06. The number of fused-ring (bicyclic) bond motifs is 8. The van der Waals surface area contributed by atoms with Gasteiger partial charge in [-0.05, 0) is 50.5 Å². The second kappa shape index (κ2) is 4.80. The first-order valence-electron chi connectivity index (χ1n) is 8.12. The molecule has 4 heteroatoms. The Hall–Kier alpha value is -3.40. The van der Waals surface area contributed by atoms with Gasteiger partial charge in [-0.25, -0.2) is 0 Å². The molecule has 0 radical (unpaired) electrons. The lowest BCUT2D eigenvalue weighted by molar-refractivity contribution is -0.384. The van der Waals surface area contributed by atoms with Gasteiger partial charge in [0, 0.05) is 36.3 Å². The summed E-state index contributed by atoms with van der Waals surface area (Å²) in [4.78, 5) is 10.9. The van der Waals surface area contributed by atoms with Gasteiger partial charge in [-0.2, -0.15) is 0 Å². The van der Waals surface area contributed by atoms with Crippen molar-refractivity contribution in [3.63, 3.8) is 0 Å². The molecule has 5 rings (SSSR count). The molecule has 0 atom stereocenters. The maximum absolute atomic E-state index is 11.3. The van der Waals surface area contributed by atoms with Crippen molar-refractivity contribution in [2.45, 2.75) is 0 Å². The number of hydrogen-bond acceptors (Lipinski definition) is 2. The quantitative estimate of drug-likeness (QED) is 0.230. The predicted molar refractivity (Wildman–Crippen MR) is 102 cm³/mol. The third kappa shape index (κ3) is 1.82. The van der Waals surface area contributed by atoms with Crippen LogP contribution in [-0.4, -0.2) is 9.49 Å². The van der Waals surface area contributed by atoms with Gasteiger partial charge < -0.3 is 4.57 Å². The van der Waals surface area contributed by atoms with Crippen LogP contribution >= 0.6 is 0 Å². The lowest BCUT2D eigenvalue weighted by atomic mass is 9.92. The van der Waals surface area contributed by atoms with Crippen LogP contribution in [0.3, 0.4) is 0 Å². The van der Waals surface area contributed by atoms with Crippen molar-refractivity contribution in [2.24, 2.45) is 7.05 Å². The van der Waals surface area contributed by atoms with E-state index < -0.39 is 0 Å². The molecule has 0 saturated heterocycles. The molecule has 0 saturated carbocycles. The van der Waals surface area contributed by atoms with Gasteiger partial charge in [0.25, 0.3) is 5.69 Å². The monoisotopic (exact) mass is 326 g/mol. The maximum atomic E-state index is 11.3. The Balaban J connectivity index is 2.14. The number of aryl methyl sites for hydroxylation is 1. The highest BCUT2D eigenvalue weighted by Gasteiger charge is 2.15. The zero-order valence-electron chi connectivity index (χ0n) is 13.6. The normalized spacial score (nSPS) is 11.7. The molecule has 120 valence electrons. The number of benzene rings is 4. The molecule has 25 heavy (non-hydrogen) atoms. The average Bonchev–Trinajstić information content (AvgIpc) is 3.02. The summed E-state index contributed by atoms with van der Waals surface area (Å²) in [7, 11) is 2.03. The highest BCUT2D eigenvalue weighted by molar-refractivity contribution is 6.31. The van der Waals surface area contributed by atoms with E-state index in [0.717, 1.165) is 32.4 Å². The Kier molecular flexibility index (Phi) is 2.69. The topological polar surface area (TPSA) is 48.1 Å². The number of rotatable bonds is 1. The molecule has 5 aromatic rings. The van der Waals surface area contributed by atoms with Crippen molar-refractivity contribution < 1.29 is 4.92 Å². The number of nitro benzene ring substituents is 1. The molecule has 0 fully saturated rings. The van der Waals surface area contributed by atoms with Crippen LogP contribution in [0.1, 0.15) is 0 Å². The lowest BCUT2D eigenvalue weighted by Crippen LogP contribution is -1.90. The predicted octanol–water partition coefficient (Wildman–Crippen LogP) is 5.55. The zero-order chi connectivity index (χ0) is 17.1. The smallest absolute Gasteiger partial charge is 0.270 e. The molecule has 1 heterocycles. The Labute approximate surface area is 143 Å². The summed E-state index contributed by atoms with van der Waals surface area (Å²) in [5.74, 6) is 0. The molecule has 0 N–H and O–H groups in total. The fourth-order valence-corrected chi connectivity index (χ4v) is 3.91. The zero-order valence-corrected chi connectivity index (χ0v) is 13.6. The maximum Gasteiger partial charge on any atom is 0.270 e. The van der Waals surface area contributed by atoms with Crippen LogP contribution < -0.4 is 0 Å². The molecule has 4 aromatic carbocycles. The minimum atomic E-state index is -0.332. The van der Waals surface area contributed by atoms with Crippen LogP contribution in [0.5, 0.6) is 0 Å². The van der Waals surface area contributed by atoms with Gasteiger partial charge in [-0.3, -0.25) is 10.1 Å². The van der Waals surface area contributed by atoms with Gasteiger partial charge in [0.1, 0.15) is 0 Å².